The predicted molar refractivity (Wildman–Crippen MR) is 53.3 cm³/mol. The summed E-state index contributed by atoms with van der Waals surface area (Å²) in [5.74, 6) is 0.797. The minimum Gasteiger partial charge on any atom is -0.316 e. The maximum atomic E-state index is 3.43. The Balaban J connectivity index is 2.47. The molecule has 1 heterocycles. The summed E-state index contributed by atoms with van der Waals surface area (Å²) in [6, 6.07) is 1.46. The molecule has 72 valence electrons. The van der Waals surface area contributed by atoms with E-state index in [-0.39, 0.29) is 0 Å². The van der Waals surface area contributed by atoms with Crippen LogP contribution in [-0.2, 0) is 0 Å². The molecule has 0 saturated carbocycles. The van der Waals surface area contributed by atoms with Crippen LogP contribution in [0, 0.1) is 5.92 Å². The van der Waals surface area contributed by atoms with Crippen LogP contribution in [0.1, 0.15) is 27.2 Å². The zero-order chi connectivity index (χ0) is 9.14. The molecule has 2 unspecified atom stereocenters. The Bertz CT molecular complexity index is 134. The van der Waals surface area contributed by atoms with Gasteiger partial charge in [0.05, 0.1) is 0 Å². The van der Waals surface area contributed by atoms with E-state index in [0.717, 1.165) is 12.0 Å². The fourth-order valence-corrected chi connectivity index (χ4v) is 1.99. The second kappa shape index (κ2) is 4.24. The molecule has 1 aliphatic rings. The Kier molecular flexibility index (Phi) is 3.53. The van der Waals surface area contributed by atoms with Crippen LogP contribution in [-0.4, -0.2) is 37.1 Å². The Morgan fingerprint density at radius 1 is 1.42 bits per heavy atom. The van der Waals surface area contributed by atoms with Gasteiger partial charge in [-0.3, -0.25) is 0 Å². The zero-order valence-corrected chi connectivity index (χ0v) is 8.80. The van der Waals surface area contributed by atoms with Crippen LogP contribution in [0.15, 0.2) is 0 Å². The van der Waals surface area contributed by atoms with E-state index in [1.165, 1.54) is 19.5 Å². The van der Waals surface area contributed by atoms with Crippen molar-refractivity contribution in [2.24, 2.45) is 5.92 Å². The van der Waals surface area contributed by atoms with Crippen LogP contribution in [0.25, 0.3) is 0 Å². The molecule has 1 saturated heterocycles. The van der Waals surface area contributed by atoms with Crippen molar-refractivity contribution in [2.75, 3.05) is 20.1 Å². The van der Waals surface area contributed by atoms with E-state index in [1.54, 1.807) is 0 Å². The van der Waals surface area contributed by atoms with Gasteiger partial charge in [-0.2, -0.15) is 0 Å². The van der Waals surface area contributed by atoms with Crippen LogP contribution in [0.2, 0.25) is 0 Å². The Labute approximate surface area is 76.3 Å². The van der Waals surface area contributed by atoms with Crippen molar-refractivity contribution in [3.63, 3.8) is 0 Å². The maximum Gasteiger partial charge on any atom is 0.0145 e. The number of nitrogens with zero attached hydrogens (tertiary/aromatic N) is 1. The van der Waals surface area contributed by atoms with Gasteiger partial charge in [0.1, 0.15) is 0 Å². The fraction of sp³-hybridized carbons (Fsp3) is 1.00. The first-order chi connectivity index (χ1) is 5.63. The molecule has 0 radical (unpaired) electrons. The number of hydrogen-bond acceptors (Lipinski definition) is 2. The molecule has 1 N–H and O–H groups in total. The van der Waals surface area contributed by atoms with Crippen LogP contribution in [0.4, 0.5) is 0 Å². The van der Waals surface area contributed by atoms with E-state index in [9.17, 15) is 0 Å². The first-order valence-corrected chi connectivity index (χ1v) is 5.05. The minimum atomic E-state index is 0.676. The molecular weight excluding hydrogens is 148 g/mol. The van der Waals surface area contributed by atoms with Crippen molar-refractivity contribution < 1.29 is 0 Å². The molecule has 1 rings (SSSR count). The Hall–Kier alpha value is -0.0800. The molecule has 1 fully saturated rings. The molecule has 0 spiro atoms. The largest absolute Gasteiger partial charge is 0.316 e. The van der Waals surface area contributed by atoms with E-state index < -0.39 is 0 Å². The normalized spacial score (nSPS) is 31.5. The lowest BCUT2D eigenvalue weighted by Gasteiger charge is -2.38. The molecule has 2 heteroatoms. The van der Waals surface area contributed by atoms with Gasteiger partial charge in [-0.05, 0) is 46.3 Å². The standard InChI is InChI=1S/C10H22N2/c1-8(2)12(4)10-5-6-11-7-9(10)3/h8-11H,5-7H2,1-4H3. The molecule has 0 bridgehead atoms. The Morgan fingerprint density at radius 3 is 2.58 bits per heavy atom. The van der Waals surface area contributed by atoms with Gasteiger partial charge in [0.2, 0.25) is 0 Å². The van der Waals surface area contributed by atoms with E-state index in [1.807, 2.05) is 0 Å². The second-order valence-corrected chi connectivity index (χ2v) is 4.30. The fourth-order valence-electron chi connectivity index (χ4n) is 1.99. The predicted octanol–water partition coefficient (Wildman–Crippen LogP) is 1.32. The third-order valence-corrected chi connectivity index (χ3v) is 3.08. The van der Waals surface area contributed by atoms with E-state index in [2.05, 4.69) is 38.0 Å². The third kappa shape index (κ3) is 2.20. The zero-order valence-electron chi connectivity index (χ0n) is 8.80. The van der Waals surface area contributed by atoms with Gasteiger partial charge in [0.25, 0.3) is 0 Å². The summed E-state index contributed by atoms with van der Waals surface area (Å²) in [4.78, 5) is 2.51. The van der Waals surface area contributed by atoms with E-state index >= 15 is 0 Å². The molecule has 1 aliphatic heterocycles. The summed E-state index contributed by atoms with van der Waals surface area (Å²) in [6.45, 7) is 9.26. The summed E-state index contributed by atoms with van der Waals surface area (Å²) in [7, 11) is 2.25. The summed E-state index contributed by atoms with van der Waals surface area (Å²) in [6.07, 6.45) is 1.30. The first kappa shape index (κ1) is 10.0. The van der Waals surface area contributed by atoms with Gasteiger partial charge in [0, 0.05) is 12.1 Å². The Morgan fingerprint density at radius 2 is 2.08 bits per heavy atom. The van der Waals surface area contributed by atoms with Gasteiger partial charge < -0.3 is 10.2 Å². The SMILES string of the molecule is CC1CNCCC1N(C)C(C)C. The number of rotatable bonds is 2. The van der Waals surface area contributed by atoms with Gasteiger partial charge in [0.15, 0.2) is 0 Å². The first-order valence-electron chi connectivity index (χ1n) is 5.05. The topological polar surface area (TPSA) is 15.3 Å². The maximum absolute atomic E-state index is 3.43. The lowest BCUT2D eigenvalue weighted by atomic mass is 9.93. The lowest BCUT2D eigenvalue weighted by molar-refractivity contribution is 0.119. The molecule has 0 aliphatic carbocycles. The van der Waals surface area contributed by atoms with Crippen LogP contribution < -0.4 is 5.32 Å². The summed E-state index contributed by atoms with van der Waals surface area (Å²) in [5, 5.41) is 3.43. The highest BCUT2D eigenvalue weighted by atomic mass is 15.2. The summed E-state index contributed by atoms with van der Waals surface area (Å²) in [5.41, 5.74) is 0. The molecule has 0 aromatic rings. The molecular formula is C10H22N2. The van der Waals surface area contributed by atoms with Crippen LogP contribution in [0.3, 0.4) is 0 Å². The van der Waals surface area contributed by atoms with Gasteiger partial charge in [-0.15, -0.1) is 0 Å². The molecule has 0 amide bonds. The molecule has 2 nitrogen and oxygen atoms in total. The van der Waals surface area contributed by atoms with Crippen molar-refractivity contribution in [3.8, 4) is 0 Å². The van der Waals surface area contributed by atoms with Gasteiger partial charge in [-0.1, -0.05) is 6.92 Å². The van der Waals surface area contributed by atoms with Crippen LogP contribution >= 0.6 is 0 Å². The quantitative estimate of drug-likeness (QED) is 0.672. The van der Waals surface area contributed by atoms with Crippen molar-refractivity contribution in [1.82, 2.24) is 10.2 Å². The minimum absolute atomic E-state index is 0.676. The average Bonchev–Trinajstić information content (AvgIpc) is 2.04. The number of hydrogen-bond donors (Lipinski definition) is 1. The molecule has 12 heavy (non-hydrogen) atoms. The van der Waals surface area contributed by atoms with Crippen molar-refractivity contribution >= 4 is 0 Å². The van der Waals surface area contributed by atoms with E-state index in [0.29, 0.717) is 6.04 Å². The highest BCUT2D eigenvalue weighted by Crippen LogP contribution is 2.17. The molecule has 0 aromatic carbocycles. The van der Waals surface area contributed by atoms with Gasteiger partial charge >= 0.3 is 0 Å². The smallest absolute Gasteiger partial charge is 0.0145 e. The highest BCUT2D eigenvalue weighted by molar-refractivity contribution is 4.82. The third-order valence-electron chi connectivity index (χ3n) is 3.08. The van der Waals surface area contributed by atoms with Gasteiger partial charge in [-0.25, -0.2) is 0 Å². The summed E-state index contributed by atoms with van der Waals surface area (Å²) >= 11 is 0. The second-order valence-electron chi connectivity index (χ2n) is 4.30. The summed E-state index contributed by atoms with van der Waals surface area (Å²) < 4.78 is 0. The lowest BCUT2D eigenvalue weighted by Crippen LogP contribution is -2.49. The number of piperidine rings is 1. The van der Waals surface area contributed by atoms with Crippen LogP contribution in [0.5, 0.6) is 0 Å². The van der Waals surface area contributed by atoms with Crippen molar-refractivity contribution in [2.45, 2.75) is 39.3 Å². The molecule has 2 atom stereocenters. The van der Waals surface area contributed by atoms with Crippen molar-refractivity contribution in [3.05, 3.63) is 0 Å². The average molecular weight is 170 g/mol. The number of nitrogens with one attached hydrogen (secondary N) is 1. The monoisotopic (exact) mass is 170 g/mol. The van der Waals surface area contributed by atoms with E-state index in [4.69, 9.17) is 0 Å². The molecule has 0 aromatic heterocycles. The highest BCUT2D eigenvalue weighted by Gasteiger charge is 2.25. The van der Waals surface area contributed by atoms with Crippen molar-refractivity contribution in [1.29, 1.82) is 0 Å².